The number of rotatable bonds is 4. The lowest BCUT2D eigenvalue weighted by molar-refractivity contribution is 0.0775. The van der Waals surface area contributed by atoms with Crippen molar-refractivity contribution in [3.8, 4) is 0 Å². The maximum atomic E-state index is 12.4. The predicted molar refractivity (Wildman–Crippen MR) is 86.6 cm³/mol. The van der Waals surface area contributed by atoms with Crippen molar-refractivity contribution in [3.63, 3.8) is 0 Å². The molecule has 0 unspecified atom stereocenters. The number of carbonyl (C=O) groups is 1. The molecule has 1 fully saturated rings. The largest absolute Gasteiger partial charge is 0.333 e. The fraction of sp³-hybridized carbons (Fsp3) is 0.333. The fourth-order valence-corrected chi connectivity index (χ4v) is 3.26. The molecule has 0 spiro atoms. The molecule has 2 N–H and O–H groups in total. The number of aromatic nitrogens is 4. The van der Waals surface area contributed by atoms with Gasteiger partial charge in [-0.25, -0.2) is 4.98 Å². The molecule has 3 aromatic heterocycles. The number of carbonyl (C=O) groups excluding carboxylic acids is 1. The summed E-state index contributed by atoms with van der Waals surface area (Å²) in [5.41, 5.74) is 1.91. The molecule has 1 aliphatic carbocycles. The van der Waals surface area contributed by atoms with E-state index in [1.807, 2.05) is 11.4 Å². The van der Waals surface area contributed by atoms with Gasteiger partial charge in [-0.3, -0.25) is 14.7 Å². The summed E-state index contributed by atoms with van der Waals surface area (Å²) < 4.78 is 0.601. The summed E-state index contributed by atoms with van der Waals surface area (Å²) in [6.45, 7) is 0.228. The number of fused-ring (bicyclic) bond motifs is 1. The van der Waals surface area contributed by atoms with Gasteiger partial charge in [-0.15, -0.1) is 11.3 Å². The van der Waals surface area contributed by atoms with E-state index in [2.05, 4.69) is 20.2 Å². The second-order valence-corrected chi connectivity index (χ2v) is 6.71. The molecule has 4 rings (SSSR count). The van der Waals surface area contributed by atoms with Gasteiger partial charge in [0.1, 0.15) is 16.2 Å². The number of nitrogens with zero attached hydrogens (tertiary/aromatic N) is 3. The van der Waals surface area contributed by atoms with Crippen LogP contribution < -0.4 is 5.56 Å². The van der Waals surface area contributed by atoms with Gasteiger partial charge in [0.25, 0.3) is 11.5 Å². The molecule has 0 radical (unpaired) electrons. The fourth-order valence-electron chi connectivity index (χ4n) is 2.54. The van der Waals surface area contributed by atoms with Crippen LogP contribution >= 0.6 is 11.3 Å². The highest BCUT2D eigenvalue weighted by molar-refractivity contribution is 7.17. The first-order valence-corrected chi connectivity index (χ1v) is 8.27. The van der Waals surface area contributed by atoms with Crippen molar-refractivity contribution in [3.05, 3.63) is 45.1 Å². The highest BCUT2D eigenvalue weighted by atomic mass is 32.1. The SMILES string of the molecule is CN(Cc1nc2ccsc2c(=O)[nH]1)C(=O)c1cc(C2CC2)[nH]n1. The maximum Gasteiger partial charge on any atom is 0.274 e. The summed E-state index contributed by atoms with van der Waals surface area (Å²) in [6, 6.07) is 3.62. The van der Waals surface area contributed by atoms with Gasteiger partial charge in [0.15, 0.2) is 0 Å². The molecular formula is C15H15N5O2S. The third kappa shape index (κ3) is 2.65. The summed E-state index contributed by atoms with van der Waals surface area (Å²) in [5, 5.41) is 8.85. The van der Waals surface area contributed by atoms with Crippen molar-refractivity contribution in [1.82, 2.24) is 25.1 Å². The number of H-pyrrole nitrogens is 2. The molecule has 3 heterocycles. The van der Waals surface area contributed by atoms with Crippen LogP contribution in [0.5, 0.6) is 0 Å². The summed E-state index contributed by atoms with van der Waals surface area (Å²) in [5.74, 6) is 0.796. The van der Waals surface area contributed by atoms with Gasteiger partial charge in [-0.2, -0.15) is 5.10 Å². The molecule has 8 heteroatoms. The molecular weight excluding hydrogens is 314 g/mol. The van der Waals surface area contributed by atoms with Crippen molar-refractivity contribution in [2.45, 2.75) is 25.3 Å². The molecule has 3 aromatic rings. The van der Waals surface area contributed by atoms with E-state index in [0.29, 0.717) is 27.7 Å². The minimum atomic E-state index is -0.193. The Morgan fingerprint density at radius 2 is 2.30 bits per heavy atom. The first-order valence-electron chi connectivity index (χ1n) is 7.39. The number of aromatic amines is 2. The van der Waals surface area contributed by atoms with Gasteiger partial charge in [0, 0.05) is 18.7 Å². The van der Waals surface area contributed by atoms with E-state index in [1.54, 1.807) is 13.1 Å². The third-order valence-corrected chi connectivity index (χ3v) is 4.83. The van der Waals surface area contributed by atoms with E-state index in [9.17, 15) is 9.59 Å². The summed E-state index contributed by atoms with van der Waals surface area (Å²) in [7, 11) is 1.67. The smallest absolute Gasteiger partial charge is 0.274 e. The van der Waals surface area contributed by atoms with Crippen LogP contribution in [-0.2, 0) is 6.54 Å². The second kappa shape index (κ2) is 5.31. The zero-order valence-electron chi connectivity index (χ0n) is 12.5. The van der Waals surface area contributed by atoms with Gasteiger partial charge < -0.3 is 9.88 Å². The Morgan fingerprint density at radius 3 is 3.09 bits per heavy atom. The van der Waals surface area contributed by atoms with Crippen LogP contribution in [0.2, 0.25) is 0 Å². The van der Waals surface area contributed by atoms with E-state index in [0.717, 1.165) is 18.5 Å². The van der Waals surface area contributed by atoms with Crippen LogP contribution in [0.1, 0.15) is 40.8 Å². The molecule has 1 saturated carbocycles. The van der Waals surface area contributed by atoms with Gasteiger partial charge in [0.2, 0.25) is 0 Å². The highest BCUT2D eigenvalue weighted by Gasteiger charge is 2.27. The molecule has 0 atom stereocenters. The topological polar surface area (TPSA) is 94.7 Å². The van der Waals surface area contributed by atoms with Crippen LogP contribution in [0.4, 0.5) is 0 Å². The van der Waals surface area contributed by atoms with E-state index in [-0.39, 0.29) is 18.0 Å². The van der Waals surface area contributed by atoms with Crippen molar-refractivity contribution in [2.24, 2.45) is 0 Å². The Balaban J connectivity index is 1.54. The molecule has 1 amide bonds. The number of nitrogens with one attached hydrogen (secondary N) is 2. The predicted octanol–water partition coefficient (Wildman–Crippen LogP) is 1.86. The molecule has 0 bridgehead atoms. The summed E-state index contributed by atoms with van der Waals surface area (Å²) >= 11 is 1.36. The van der Waals surface area contributed by atoms with Gasteiger partial charge >= 0.3 is 0 Å². The third-order valence-electron chi connectivity index (χ3n) is 3.93. The zero-order chi connectivity index (χ0) is 16.0. The van der Waals surface area contributed by atoms with Crippen LogP contribution in [0.15, 0.2) is 22.3 Å². The van der Waals surface area contributed by atoms with E-state index < -0.39 is 0 Å². The molecule has 1 aliphatic rings. The Bertz CT molecular complexity index is 937. The molecule has 0 saturated heterocycles. The summed E-state index contributed by atoms with van der Waals surface area (Å²) in [6.07, 6.45) is 2.30. The monoisotopic (exact) mass is 329 g/mol. The number of hydrogen-bond acceptors (Lipinski definition) is 5. The van der Waals surface area contributed by atoms with Gasteiger partial charge in [0.05, 0.1) is 12.1 Å². The minimum Gasteiger partial charge on any atom is -0.333 e. The normalized spacial score (nSPS) is 14.3. The maximum absolute atomic E-state index is 12.4. The van der Waals surface area contributed by atoms with E-state index >= 15 is 0 Å². The zero-order valence-corrected chi connectivity index (χ0v) is 13.3. The summed E-state index contributed by atoms with van der Waals surface area (Å²) in [4.78, 5) is 33.0. The lowest BCUT2D eigenvalue weighted by Crippen LogP contribution is -2.28. The lowest BCUT2D eigenvalue weighted by Gasteiger charge is -2.14. The molecule has 0 aliphatic heterocycles. The molecule has 23 heavy (non-hydrogen) atoms. The standard InChI is InChI=1S/C15H15N5O2S/c1-20(15(22)11-6-10(18-19-11)8-2-3-8)7-12-16-9-4-5-23-13(9)14(21)17-12/h4-6,8H,2-3,7H2,1H3,(H,18,19)(H,16,17,21). The van der Waals surface area contributed by atoms with Crippen molar-refractivity contribution in [2.75, 3.05) is 7.05 Å². The number of amides is 1. The van der Waals surface area contributed by atoms with Crippen LogP contribution in [0, 0.1) is 0 Å². The average molecular weight is 329 g/mol. The Hall–Kier alpha value is -2.48. The first kappa shape index (κ1) is 14.1. The minimum absolute atomic E-state index is 0.170. The molecule has 0 aromatic carbocycles. The second-order valence-electron chi connectivity index (χ2n) is 5.79. The van der Waals surface area contributed by atoms with Crippen molar-refractivity contribution >= 4 is 27.5 Å². The Labute approximate surface area is 135 Å². The van der Waals surface area contributed by atoms with Gasteiger partial charge in [-0.05, 0) is 30.4 Å². The average Bonchev–Trinajstić information content (AvgIpc) is 3.07. The highest BCUT2D eigenvalue weighted by Crippen LogP contribution is 2.39. The van der Waals surface area contributed by atoms with E-state index in [4.69, 9.17) is 0 Å². The van der Waals surface area contributed by atoms with Crippen molar-refractivity contribution in [1.29, 1.82) is 0 Å². The van der Waals surface area contributed by atoms with Crippen LogP contribution in [0.25, 0.3) is 10.2 Å². The van der Waals surface area contributed by atoms with Crippen LogP contribution in [-0.4, -0.2) is 38.0 Å². The number of hydrogen-bond donors (Lipinski definition) is 2. The Morgan fingerprint density at radius 1 is 1.48 bits per heavy atom. The Kier molecular flexibility index (Phi) is 3.26. The molecule has 118 valence electrons. The lowest BCUT2D eigenvalue weighted by atomic mass is 10.2. The first-order chi connectivity index (χ1) is 11.1. The molecule has 7 nitrogen and oxygen atoms in total. The van der Waals surface area contributed by atoms with E-state index in [1.165, 1.54) is 16.2 Å². The number of thiophene rings is 1. The quantitative estimate of drug-likeness (QED) is 0.764. The van der Waals surface area contributed by atoms with Crippen molar-refractivity contribution < 1.29 is 4.79 Å². The van der Waals surface area contributed by atoms with Gasteiger partial charge in [-0.1, -0.05) is 0 Å². The van der Waals surface area contributed by atoms with Crippen LogP contribution in [0.3, 0.4) is 0 Å².